The molecule has 7 heteroatoms. The first-order valence-corrected chi connectivity index (χ1v) is 7.19. The number of carbonyl (C=O) groups is 1. The van der Waals surface area contributed by atoms with E-state index in [-0.39, 0.29) is 46.1 Å². The van der Waals surface area contributed by atoms with Crippen molar-refractivity contribution in [3.8, 4) is 11.4 Å². The molecule has 0 bridgehead atoms. The van der Waals surface area contributed by atoms with E-state index in [1.807, 2.05) is 48.5 Å². The van der Waals surface area contributed by atoms with Gasteiger partial charge in [-0.3, -0.25) is 0 Å². The number of aromatic nitrogens is 2. The number of para-hydroxylation sites is 1. The molecule has 0 aliphatic carbocycles. The summed E-state index contributed by atoms with van der Waals surface area (Å²) in [6, 6.07) is 18.2. The van der Waals surface area contributed by atoms with Crippen molar-refractivity contribution in [2.45, 2.75) is 0 Å². The van der Waals surface area contributed by atoms with Gasteiger partial charge in [0.05, 0.1) is 11.5 Å². The smallest absolute Gasteiger partial charge is 0.545 e. The zero-order valence-electron chi connectivity index (χ0n) is 12.9. The van der Waals surface area contributed by atoms with Crippen LogP contribution in [0.15, 0.2) is 60.7 Å². The van der Waals surface area contributed by atoms with E-state index in [2.05, 4.69) is 15.3 Å². The van der Waals surface area contributed by atoms with Gasteiger partial charge >= 0.3 is 29.6 Å². The van der Waals surface area contributed by atoms with Crippen LogP contribution in [0.5, 0.6) is 0 Å². The Hall–Kier alpha value is -1.92. The van der Waals surface area contributed by atoms with Crippen LogP contribution in [0.4, 0.5) is 11.5 Å². The van der Waals surface area contributed by atoms with E-state index < -0.39 is 5.97 Å². The molecular formula is C17H11ClN3NaO2. The summed E-state index contributed by atoms with van der Waals surface area (Å²) in [7, 11) is 0. The predicted molar refractivity (Wildman–Crippen MR) is 86.5 cm³/mol. The topological polar surface area (TPSA) is 77.9 Å². The maximum Gasteiger partial charge on any atom is 1.00 e. The number of halogens is 1. The Morgan fingerprint density at radius 1 is 0.958 bits per heavy atom. The molecule has 1 aromatic heterocycles. The second-order valence-electron chi connectivity index (χ2n) is 4.71. The van der Waals surface area contributed by atoms with Crippen LogP contribution in [0.2, 0.25) is 5.15 Å². The Kier molecular flexibility index (Phi) is 6.34. The van der Waals surface area contributed by atoms with Crippen molar-refractivity contribution in [2.24, 2.45) is 0 Å². The van der Waals surface area contributed by atoms with E-state index in [4.69, 9.17) is 11.6 Å². The van der Waals surface area contributed by atoms with Crippen LogP contribution < -0.4 is 40.0 Å². The maximum absolute atomic E-state index is 11.4. The van der Waals surface area contributed by atoms with Gasteiger partial charge in [-0.05, 0) is 12.1 Å². The van der Waals surface area contributed by atoms with Crippen molar-refractivity contribution in [3.05, 3.63) is 71.4 Å². The summed E-state index contributed by atoms with van der Waals surface area (Å²) in [6.45, 7) is 0. The molecule has 0 atom stereocenters. The summed E-state index contributed by atoms with van der Waals surface area (Å²) in [6.07, 6.45) is 0. The van der Waals surface area contributed by atoms with Crippen LogP contribution >= 0.6 is 11.6 Å². The predicted octanol–water partition coefficient (Wildman–Crippen LogP) is -0.0919. The minimum atomic E-state index is -1.44. The molecule has 5 nitrogen and oxygen atoms in total. The molecule has 0 fully saturated rings. The Morgan fingerprint density at radius 3 is 2.12 bits per heavy atom. The van der Waals surface area contributed by atoms with Gasteiger partial charge < -0.3 is 15.2 Å². The van der Waals surface area contributed by atoms with Crippen LogP contribution in [0, 0.1) is 0 Å². The van der Waals surface area contributed by atoms with Gasteiger partial charge in [-0.15, -0.1) is 0 Å². The van der Waals surface area contributed by atoms with Gasteiger partial charge in [-0.2, -0.15) is 0 Å². The Morgan fingerprint density at radius 2 is 1.54 bits per heavy atom. The summed E-state index contributed by atoms with van der Waals surface area (Å²) in [4.78, 5) is 19.7. The first-order valence-electron chi connectivity index (χ1n) is 6.81. The monoisotopic (exact) mass is 347 g/mol. The van der Waals surface area contributed by atoms with Crippen molar-refractivity contribution in [1.82, 2.24) is 9.97 Å². The number of nitrogens with one attached hydrogen (secondary N) is 1. The van der Waals surface area contributed by atoms with Crippen molar-refractivity contribution >= 4 is 29.1 Å². The largest absolute Gasteiger partial charge is 1.00 e. The minimum absolute atomic E-state index is 0. The number of hydrogen-bond acceptors (Lipinski definition) is 5. The minimum Gasteiger partial charge on any atom is -0.545 e. The van der Waals surface area contributed by atoms with E-state index in [0.717, 1.165) is 5.56 Å². The number of hydrogen-bond donors (Lipinski definition) is 1. The normalized spacial score (nSPS) is 9.88. The van der Waals surface area contributed by atoms with Gasteiger partial charge in [0, 0.05) is 11.3 Å². The van der Waals surface area contributed by atoms with Crippen LogP contribution in [0.1, 0.15) is 10.4 Å². The summed E-state index contributed by atoms with van der Waals surface area (Å²) in [5, 5.41) is 14.1. The molecule has 0 aliphatic rings. The molecule has 0 spiro atoms. The molecule has 0 radical (unpaired) electrons. The molecule has 3 rings (SSSR count). The summed E-state index contributed by atoms with van der Waals surface area (Å²) in [5.41, 5.74) is 1.15. The summed E-state index contributed by atoms with van der Waals surface area (Å²) < 4.78 is 0. The van der Waals surface area contributed by atoms with Gasteiger partial charge in [0.15, 0.2) is 5.82 Å². The fraction of sp³-hybridized carbons (Fsp3) is 0. The van der Waals surface area contributed by atoms with Crippen molar-refractivity contribution < 1.29 is 39.5 Å². The van der Waals surface area contributed by atoms with Gasteiger partial charge in [-0.25, -0.2) is 9.97 Å². The van der Waals surface area contributed by atoms with E-state index in [0.29, 0.717) is 11.5 Å². The molecule has 1 heterocycles. The average Bonchev–Trinajstić information content (AvgIpc) is 2.56. The van der Waals surface area contributed by atoms with Gasteiger partial charge in [-0.1, -0.05) is 60.1 Å². The van der Waals surface area contributed by atoms with Crippen LogP contribution in [0.25, 0.3) is 11.4 Å². The van der Waals surface area contributed by atoms with Gasteiger partial charge in [0.1, 0.15) is 11.0 Å². The molecule has 1 N–H and O–H groups in total. The third-order valence-electron chi connectivity index (χ3n) is 3.14. The number of carboxylic acids is 1. The quantitative estimate of drug-likeness (QED) is 0.527. The Balaban J connectivity index is 0.00000208. The first-order chi connectivity index (χ1) is 11.1. The zero-order chi connectivity index (χ0) is 16.2. The van der Waals surface area contributed by atoms with Crippen LogP contribution in [-0.2, 0) is 0 Å². The number of aromatic carboxylic acids is 1. The van der Waals surface area contributed by atoms with E-state index in [1.165, 1.54) is 0 Å². The second kappa shape index (κ2) is 8.26. The molecule has 24 heavy (non-hydrogen) atoms. The summed E-state index contributed by atoms with van der Waals surface area (Å²) >= 11 is 6.03. The number of carboxylic acid groups (broad SMARTS) is 1. The van der Waals surface area contributed by atoms with Gasteiger partial charge in [0.2, 0.25) is 0 Å². The molecular weight excluding hydrogens is 337 g/mol. The van der Waals surface area contributed by atoms with E-state index in [9.17, 15) is 9.90 Å². The SMILES string of the molecule is O=C([O-])c1c(Cl)nc(-c2ccccc2)nc1Nc1ccccc1.[Na+]. The third-order valence-corrected chi connectivity index (χ3v) is 3.41. The summed E-state index contributed by atoms with van der Waals surface area (Å²) in [5.74, 6) is -1.01. The molecule has 3 aromatic rings. The van der Waals surface area contributed by atoms with Crippen molar-refractivity contribution in [1.29, 1.82) is 0 Å². The maximum atomic E-state index is 11.4. The Labute approximate surface area is 166 Å². The molecule has 0 aliphatic heterocycles. The molecule has 0 saturated carbocycles. The first kappa shape index (κ1) is 18.4. The van der Waals surface area contributed by atoms with Crippen LogP contribution in [-0.4, -0.2) is 15.9 Å². The van der Waals surface area contributed by atoms with Crippen molar-refractivity contribution in [2.75, 3.05) is 5.32 Å². The van der Waals surface area contributed by atoms with E-state index in [1.54, 1.807) is 12.1 Å². The number of benzene rings is 2. The number of carbonyl (C=O) groups excluding carboxylic acids is 1. The molecule has 0 unspecified atom stereocenters. The molecule has 114 valence electrons. The number of rotatable bonds is 4. The fourth-order valence-electron chi connectivity index (χ4n) is 2.08. The van der Waals surface area contributed by atoms with Crippen molar-refractivity contribution in [3.63, 3.8) is 0 Å². The number of nitrogens with zero attached hydrogens (tertiary/aromatic N) is 2. The average molecular weight is 348 g/mol. The molecule has 2 aromatic carbocycles. The second-order valence-corrected chi connectivity index (χ2v) is 5.06. The zero-order valence-corrected chi connectivity index (χ0v) is 15.6. The Bertz CT molecular complexity index is 845. The van der Waals surface area contributed by atoms with E-state index >= 15 is 0 Å². The van der Waals surface area contributed by atoms with Crippen LogP contribution in [0.3, 0.4) is 0 Å². The standard InChI is InChI=1S/C17H12ClN3O2.Na/c18-14-13(17(22)23)16(19-12-9-5-2-6-10-12)21-15(20-14)11-7-3-1-4-8-11;/h1-10H,(H,22,23)(H,19,20,21);/q;+1/p-1. The molecule has 0 amide bonds. The number of anilines is 2. The van der Waals surface area contributed by atoms with Gasteiger partial charge in [0.25, 0.3) is 0 Å². The third kappa shape index (κ3) is 4.13. The fourth-order valence-corrected chi connectivity index (χ4v) is 2.33. The molecule has 0 saturated heterocycles.